The van der Waals surface area contributed by atoms with Crippen molar-refractivity contribution in [2.45, 2.75) is 52.6 Å². The molecular weight excluding hydrogens is 590 g/mol. The summed E-state index contributed by atoms with van der Waals surface area (Å²) in [5, 5.41) is 2.99. The Morgan fingerprint density at radius 3 is 2.20 bits per heavy atom. The molecule has 214 valence electrons. The van der Waals surface area contributed by atoms with E-state index in [2.05, 4.69) is 21.2 Å². The average molecular weight is 629 g/mol. The van der Waals surface area contributed by atoms with Crippen LogP contribution >= 0.6 is 15.9 Å². The van der Waals surface area contributed by atoms with Gasteiger partial charge < -0.3 is 10.2 Å². The maximum atomic E-state index is 14.1. The molecule has 0 saturated carbocycles. The SMILES string of the molecule is CCCCNC(=O)C(Cc1ccccc1)N(Cc1ccc(Br)cc1)C(=O)CN(c1ccc(C)c(C)c1)S(C)(=O)=O. The van der Waals surface area contributed by atoms with E-state index in [1.165, 1.54) is 4.90 Å². The monoisotopic (exact) mass is 627 g/mol. The molecule has 3 aromatic rings. The number of hydrogen-bond donors (Lipinski definition) is 1. The van der Waals surface area contributed by atoms with Gasteiger partial charge in [0.1, 0.15) is 12.6 Å². The van der Waals surface area contributed by atoms with Crippen LogP contribution in [0.2, 0.25) is 0 Å². The molecule has 1 N–H and O–H groups in total. The number of nitrogens with one attached hydrogen (secondary N) is 1. The van der Waals surface area contributed by atoms with Crippen molar-refractivity contribution in [2.24, 2.45) is 0 Å². The zero-order chi connectivity index (χ0) is 29.3. The lowest BCUT2D eigenvalue weighted by atomic mass is 10.0. The van der Waals surface area contributed by atoms with Crippen LogP contribution in [0.25, 0.3) is 0 Å². The molecule has 2 amide bonds. The number of hydrogen-bond acceptors (Lipinski definition) is 4. The number of halogens is 1. The molecule has 3 rings (SSSR count). The molecule has 0 radical (unpaired) electrons. The molecule has 0 aliphatic rings. The molecule has 0 heterocycles. The molecule has 7 nitrogen and oxygen atoms in total. The molecular formula is C31H38BrN3O4S. The van der Waals surface area contributed by atoms with Gasteiger partial charge in [-0.2, -0.15) is 0 Å². The lowest BCUT2D eigenvalue weighted by molar-refractivity contribution is -0.140. The van der Waals surface area contributed by atoms with Crippen molar-refractivity contribution in [2.75, 3.05) is 23.7 Å². The van der Waals surface area contributed by atoms with Gasteiger partial charge in [-0.15, -0.1) is 0 Å². The highest BCUT2D eigenvalue weighted by molar-refractivity contribution is 9.10. The summed E-state index contributed by atoms with van der Waals surface area (Å²) < 4.78 is 27.9. The minimum absolute atomic E-state index is 0.148. The van der Waals surface area contributed by atoms with Crippen molar-refractivity contribution in [3.8, 4) is 0 Å². The Balaban J connectivity index is 2.03. The number of unbranched alkanes of at least 4 members (excludes halogenated alkanes) is 1. The Morgan fingerprint density at radius 1 is 0.925 bits per heavy atom. The van der Waals surface area contributed by atoms with E-state index in [9.17, 15) is 18.0 Å². The van der Waals surface area contributed by atoms with Crippen LogP contribution in [0, 0.1) is 13.8 Å². The first-order chi connectivity index (χ1) is 19.0. The van der Waals surface area contributed by atoms with Crippen molar-refractivity contribution in [1.29, 1.82) is 0 Å². The summed E-state index contributed by atoms with van der Waals surface area (Å²) in [7, 11) is -3.80. The first kappa shape index (κ1) is 31.4. The summed E-state index contributed by atoms with van der Waals surface area (Å²) in [5.41, 5.74) is 4.08. The molecule has 1 unspecified atom stereocenters. The Kier molecular flexibility index (Phi) is 11.3. The molecule has 3 aromatic carbocycles. The van der Waals surface area contributed by atoms with Crippen LogP contribution in [0.15, 0.2) is 77.3 Å². The summed E-state index contributed by atoms with van der Waals surface area (Å²) >= 11 is 3.45. The molecule has 0 aliphatic heterocycles. The molecule has 40 heavy (non-hydrogen) atoms. The number of sulfonamides is 1. The first-order valence-electron chi connectivity index (χ1n) is 13.4. The van der Waals surface area contributed by atoms with Crippen LogP contribution in [-0.4, -0.2) is 50.5 Å². The largest absolute Gasteiger partial charge is 0.354 e. The van der Waals surface area contributed by atoms with Crippen LogP contribution in [0.4, 0.5) is 5.69 Å². The maximum Gasteiger partial charge on any atom is 0.244 e. The van der Waals surface area contributed by atoms with Crippen LogP contribution in [0.1, 0.15) is 42.0 Å². The fraction of sp³-hybridized carbons (Fsp3) is 0.355. The summed E-state index contributed by atoms with van der Waals surface area (Å²) in [6, 6.07) is 21.5. The standard InChI is InChI=1S/C31H38BrN3O4S/c1-5-6-18-33-31(37)29(20-25-10-8-7-9-11-25)34(21-26-13-15-27(32)16-14-26)30(36)22-35(40(4,38)39)28-17-12-23(2)24(3)19-28/h7-17,19,29H,5-6,18,20-22H2,1-4H3,(H,33,37). The normalized spacial score (nSPS) is 12.0. The number of rotatable bonds is 13. The molecule has 0 fully saturated rings. The van der Waals surface area contributed by atoms with Crippen molar-refractivity contribution >= 4 is 43.5 Å². The van der Waals surface area contributed by atoms with Gasteiger partial charge in [0, 0.05) is 24.0 Å². The van der Waals surface area contributed by atoms with Crippen molar-refractivity contribution in [1.82, 2.24) is 10.2 Å². The smallest absolute Gasteiger partial charge is 0.244 e. The third kappa shape index (κ3) is 8.93. The van der Waals surface area contributed by atoms with Crippen LogP contribution in [0.5, 0.6) is 0 Å². The third-order valence-electron chi connectivity index (χ3n) is 6.82. The Morgan fingerprint density at radius 2 is 1.60 bits per heavy atom. The van der Waals surface area contributed by atoms with Crippen molar-refractivity contribution < 1.29 is 18.0 Å². The molecule has 1 atom stereocenters. The van der Waals surface area contributed by atoms with Gasteiger partial charge in [0.15, 0.2) is 0 Å². The Bertz CT molecular complexity index is 1400. The number of carbonyl (C=O) groups is 2. The number of carbonyl (C=O) groups excluding carboxylic acids is 2. The van der Waals surface area contributed by atoms with Crippen LogP contribution < -0.4 is 9.62 Å². The zero-order valence-corrected chi connectivity index (χ0v) is 26.0. The van der Waals surface area contributed by atoms with Gasteiger partial charge in [-0.1, -0.05) is 77.8 Å². The summed E-state index contributed by atoms with van der Waals surface area (Å²) in [6.07, 6.45) is 3.13. The second-order valence-corrected chi connectivity index (χ2v) is 12.9. The van der Waals surface area contributed by atoms with Gasteiger partial charge in [0.2, 0.25) is 21.8 Å². The van der Waals surface area contributed by atoms with E-state index in [1.54, 1.807) is 12.1 Å². The lowest BCUT2D eigenvalue weighted by Crippen LogP contribution is -2.53. The number of benzene rings is 3. The highest BCUT2D eigenvalue weighted by Crippen LogP contribution is 2.23. The fourth-order valence-electron chi connectivity index (χ4n) is 4.34. The van der Waals surface area contributed by atoms with Crippen molar-refractivity contribution in [3.63, 3.8) is 0 Å². The van der Waals surface area contributed by atoms with Crippen molar-refractivity contribution in [3.05, 3.63) is 99.5 Å². The minimum Gasteiger partial charge on any atom is -0.354 e. The Hall–Kier alpha value is -3.17. The van der Waals surface area contributed by atoms with E-state index < -0.39 is 28.5 Å². The molecule has 0 saturated heterocycles. The molecule has 0 aromatic heterocycles. The second-order valence-electron chi connectivity index (χ2n) is 10.0. The quantitative estimate of drug-likeness (QED) is 0.258. The highest BCUT2D eigenvalue weighted by atomic mass is 79.9. The summed E-state index contributed by atoms with van der Waals surface area (Å²) in [4.78, 5) is 29.2. The van der Waals surface area contributed by atoms with E-state index in [0.29, 0.717) is 18.7 Å². The van der Waals surface area contributed by atoms with Crippen LogP contribution in [-0.2, 0) is 32.6 Å². The minimum atomic E-state index is -3.80. The van der Waals surface area contributed by atoms with Gasteiger partial charge in [-0.3, -0.25) is 13.9 Å². The lowest BCUT2D eigenvalue weighted by Gasteiger charge is -2.33. The molecule has 0 spiro atoms. The fourth-order valence-corrected chi connectivity index (χ4v) is 5.45. The number of amides is 2. The maximum absolute atomic E-state index is 14.1. The van der Waals surface area contributed by atoms with E-state index in [0.717, 1.165) is 50.1 Å². The van der Waals surface area contributed by atoms with Gasteiger partial charge in [0.05, 0.1) is 11.9 Å². The van der Waals surface area contributed by atoms with E-state index in [4.69, 9.17) is 0 Å². The number of nitrogens with zero attached hydrogens (tertiary/aromatic N) is 2. The Labute approximate surface area is 246 Å². The molecule has 9 heteroatoms. The molecule has 0 aliphatic carbocycles. The topological polar surface area (TPSA) is 86.8 Å². The third-order valence-corrected chi connectivity index (χ3v) is 8.49. The average Bonchev–Trinajstić information content (AvgIpc) is 2.92. The number of anilines is 1. The zero-order valence-electron chi connectivity index (χ0n) is 23.6. The van der Waals surface area contributed by atoms with Gasteiger partial charge in [-0.05, 0) is 66.8 Å². The van der Waals surface area contributed by atoms with Crippen LogP contribution in [0.3, 0.4) is 0 Å². The van der Waals surface area contributed by atoms with Gasteiger partial charge in [-0.25, -0.2) is 8.42 Å². The predicted molar refractivity (Wildman–Crippen MR) is 165 cm³/mol. The van der Waals surface area contributed by atoms with Gasteiger partial charge in [0.25, 0.3) is 0 Å². The summed E-state index contributed by atoms with van der Waals surface area (Å²) in [6.45, 7) is 6.11. The predicted octanol–water partition coefficient (Wildman–Crippen LogP) is 5.39. The highest BCUT2D eigenvalue weighted by Gasteiger charge is 2.33. The van der Waals surface area contributed by atoms with E-state index >= 15 is 0 Å². The van der Waals surface area contributed by atoms with Gasteiger partial charge >= 0.3 is 0 Å². The summed E-state index contributed by atoms with van der Waals surface area (Å²) in [5.74, 6) is -0.724. The molecule has 0 bridgehead atoms. The van der Waals surface area contributed by atoms with E-state index in [-0.39, 0.29) is 12.5 Å². The second kappa shape index (κ2) is 14.5. The number of aryl methyl sites for hydroxylation is 2. The van der Waals surface area contributed by atoms with E-state index in [1.807, 2.05) is 81.4 Å². The first-order valence-corrected chi connectivity index (χ1v) is 16.0.